The molecule has 0 bridgehead atoms. The lowest BCUT2D eigenvalue weighted by atomic mass is 10.2. The summed E-state index contributed by atoms with van der Waals surface area (Å²) >= 11 is 1.59. The van der Waals surface area contributed by atoms with E-state index in [1.807, 2.05) is 31.3 Å². The molecule has 5 heteroatoms. The second kappa shape index (κ2) is 5.84. The molecular weight excluding hydrogens is 248 g/mol. The molecule has 0 unspecified atom stereocenters. The van der Waals surface area contributed by atoms with Crippen molar-refractivity contribution in [2.45, 2.75) is 13.5 Å². The molecule has 1 aromatic carbocycles. The molecule has 0 saturated carbocycles. The van der Waals surface area contributed by atoms with E-state index in [1.165, 1.54) is 0 Å². The number of rotatable bonds is 5. The van der Waals surface area contributed by atoms with Crippen LogP contribution >= 0.6 is 11.3 Å². The zero-order valence-electron chi connectivity index (χ0n) is 10.5. The molecule has 0 aliphatic heterocycles. The Morgan fingerprint density at radius 3 is 2.78 bits per heavy atom. The Labute approximate surface area is 110 Å². The highest BCUT2D eigenvalue weighted by Gasteiger charge is 2.09. The van der Waals surface area contributed by atoms with Crippen LogP contribution in [0.1, 0.15) is 11.8 Å². The van der Waals surface area contributed by atoms with Crippen molar-refractivity contribution in [3.63, 3.8) is 0 Å². The predicted molar refractivity (Wildman–Crippen MR) is 73.2 cm³/mol. The van der Waals surface area contributed by atoms with Gasteiger partial charge in [-0.05, 0) is 25.1 Å². The quantitative estimate of drug-likeness (QED) is 0.902. The van der Waals surface area contributed by atoms with Gasteiger partial charge in [0.1, 0.15) is 5.01 Å². The van der Waals surface area contributed by atoms with Crippen LogP contribution in [0.25, 0.3) is 10.6 Å². The van der Waals surface area contributed by atoms with Gasteiger partial charge in [0.15, 0.2) is 11.5 Å². The topological polar surface area (TPSA) is 57.4 Å². The van der Waals surface area contributed by atoms with Crippen molar-refractivity contribution < 1.29 is 9.47 Å². The van der Waals surface area contributed by atoms with Crippen molar-refractivity contribution >= 4 is 11.3 Å². The fourth-order valence-electron chi connectivity index (χ4n) is 1.61. The zero-order valence-corrected chi connectivity index (χ0v) is 11.3. The molecule has 0 atom stereocenters. The summed E-state index contributed by atoms with van der Waals surface area (Å²) in [5.41, 5.74) is 6.60. The maximum atomic E-state index is 5.59. The average Bonchev–Trinajstić information content (AvgIpc) is 2.88. The van der Waals surface area contributed by atoms with Gasteiger partial charge in [0.05, 0.1) is 13.7 Å². The fraction of sp³-hybridized carbons (Fsp3) is 0.308. The molecule has 1 heterocycles. The van der Waals surface area contributed by atoms with E-state index >= 15 is 0 Å². The molecule has 0 saturated heterocycles. The first-order valence-electron chi connectivity index (χ1n) is 5.74. The van der Waals surface area contributed by atoms with Gasteiger partial charge in [0.25, 0.3) is 0 Å². The predicted octanol–water partition coefficient (Wildman–Crippen LogP) is 2.68. The monoisotopic (exact) mass is 264 g/mol. The number of thiazole rings is 1. The number of ether oxygens (including phenoxy) is 2. The first kappa shape index (κ1) is 12.9. The highest BCUT2D eigenvalue weighted by Crippen LogP contribution is 2.34. The van der Waals surface area contributed by atoms with Crippen molar-refractivity contribution in [1.82, 2.24) is 4.98 Å². The summed E-state index contributed by atoms with van der Waals surface area (Å²) in [5, 5.41) is 0.941. The summed E-state index contributed by atoms with van der Waals surface area (Å²) in [7, 11) is 1.63. The molecule has 18 heavy (non-hydrogen) atoms. The summed E-state index contributed by atoms with van der Waals surface area (Å²) in [4.78, 5) is 5.42. The average molecular weight is 264 g/mol. The third kappa shape index (κ3) is 2.63. The van der Waals surface area contributed by atoms with Crippen LogP contribution in [0.15, 0.2) is 24.4 Å². The first-order chi connectivity index (χ1) is 8.78. The van der Waals surface area contributed by atoms with Gasteiger partial charge >= 0.3 is 0 Å². The Kier molecular flexibility index (Phi) is 4.17. The SMILES string of the molecule is CCOc1ccc(-c2ncc(CN)s2)cc1OC. The zero-order chi connectivity index (χ0) is 13.0. The van der Waals surface area contributed by atoms with Crippen LogP contribution in [-0.4, -0.2) is 18.7 Å². The molecule has 2 aromatic rings. The molecule has 1 aromatic heterocycles. The summed E-state index contributed by atoms with van der Waals surface area (Å²) in [5.74, 6) is 1.47. The summed E-state index contributed by atoms with van der Waals surface area (Å²) < 4.78 is 10.8. The highest BCUT2D eigenvalue weighted by atomic mass is 32.1. The number of nitrogens with zero attached hydrogens (tertiary/aromatic N) is 1. The van der Waals surface area contributed by atoms with Crippen LogP contribution < -0.4 is 15.2 Å². The van der Waals surface area contributed by atoms with Gasteiger partial charge in [-0.15, -0.1) is 11.3 Å². The molecule has 0 amide bonds. The molecule has 96 valence electrons. The van der Waals surface area contributed by atoms with Crippen molar-refractivity contribution in [2.24, 2.45) is 5.73 Å². The minimum absolute atomic E-state index is 0.520. The van der Waals surface area contributed by atoms with Gasteiger partial charge < -0.3 is 15.2 Å². The largest absolute Gasteiger partial charge is 0.493 e. The van der Waals surface area contributed by atoms with E-state index in [0.29, 0.717) is 13.2 Å². The minimum atomic E-state index is 0.520. The lowest BCUT2D eigenvalue weighted by Crippen LogP contribution is -1.95. The lowest BCUT2D eigenvalue weighted by molar-refractivity contribution is 0.311. The molecule has 4 nitrogen and oxygen atoms in total. The van der Waals surface area contributed by atoms with Gasteiger partial charge in [0, 0.05) is 23.2 Å². The molecule has 0 aliphatic carbocycles. The normalized spacial score (nSPS) is 10.4. The van der Waals surface area contributed by atoms with Crippen LogP contribution in [0.5, 0.6) is 11.5 Å². The van der Waals surface area contributed by atoms with Crippen LogP contribution in [0.3, 0.4) is 0 Å². The number of nitrogens with two attached hydrogens (primary N) is 1. The maximum absolute atomic E-state index is 5.59. The Morgan fingerprint density at radius 1 is 1.33 bits per heavy atom. The molecule has 0 spiro atoms. The van der Waals surface area contributed by atoms with Crippen LogP contribution in [0, 0.1) is 0 Å². The number of methoxy groups -OCH3 is 1. The summed E-state index contributed by atoms with van der Waals surface area (Å²) in [6, 6.07) is 5.82. The van der Waals surface area contributed by atoms with Gasteiger partial charge in [-0.3, -0.25) is 0 Å². The number of benzene rings is 1. The van der Waals surface area contributed by atoms with E-state index in [0.717, 1.165) is 26.9 Å². The second-order valence-corrected chi connectivity index (χ2v) is 4.75. The van der Waals surface area contributed by atoms with E-state index in [-0.39, 0.29) is 0 Å². The van der Waals surface area contributed by atoms with Crippen molar-refractivity contribution in [3.8, 4) is 22.1 Å². The fourth-order valence-corrected chi connectivity index (χ4v) is 2.40. The molecule has 0 radical (unpaired) electrons. The number of hydrogen-bond donors (Lipinski definition) is 1. The molecule has 2 rings (SSSR count). The Balaban J connectivity index is 2.34. The Bertz CT molecular complexity index is 525. The van der Waals surface area contributed by atoms with Crippen molar-refractivity contribution in [3.05, 3.63) is 29.3 Å². The molecular formula is C13H16N2O2S. The summed E-state index contributed by atoms with van der Waals surface area (Å²) in [6.07, 6.45) is 1.81. The third-order valence-electron chi connectivity index (χ3n) is 2.47. The van der Waals surface area contributed by atoms with E-state index in [1.54, 1.807) is 18.4 Å². The van der Waals surface area contributed by atoms with Crippen LogP contribution in [-0.2, 0) is 6.54 Å². The molecule has 0 aliphatic rings. The Hall–Kier alpha value is -1.59. The maximum Gasteiger partial charge on any atom is 0.161 e. The van der Waals surface area contributed by atoms with E-state index in [9.17, 15) is 0 Å². The van der Waals surface area contributed by atoms with Crippen molar-refractivity contribution in [2.75, 3.05) is 13.7 Å². The van der Waals surface area contributed by atoms with Crippen LogP contribution in [0.2, 0.25) is 0 Å². The second-order valence-electron chi connectivity index (χ2n) is 3.63. The summed E-state index contributed by atoms with van der Waals surface area (Å²) in [6.45, 7) is 3.08. The van der Waals surface area contributed by atoms with Gasteiger partial charge in [-0.1, -0.05) is 0 Å². The standard InChI is InChI=1S/C13H16N2O2S/c1-3-17-11-5-4-9(6-12(11)16-2)13-15-8-10(7-14)18-13/h4-6,8H,3,7,14H2,1-2H3. The van der Waals surface area contributed by atoms with Gasteiger partial charge in [-0.2, -0.15) is 0 Å². The molecule has 2 N–H and O–H groups in total. The number of hydrogen-bond acceptors (Lipinski definition) is 5. The third-order valence-corrected chi connectivity index (χ3v) is 3.53. The van der Waals surface area contributed by atoms with Gasteiger partial charge in [0.2, 0.25) is 0 Å². The van der Waals surface area contributed by atoms with E-state index in [4.69, 9.17) is 15.2 Å². The Morgan fingerprint density at radius 2 is 2.17 bits per heavy atom. The van der Waals surface area contributed by atoms with Crippen LogP contribution in [0.4, 0.5) is 0 Å². The lowest BCUT2D eigenvalue weighted by Gasteiger charge is -2.09. The van der Waals surface area contributed by atoms with E-state index in [2.05, 4.69) is 4.98 Å². The van der Waals surface area contributed by atoms with Crippen molar-refractivity contribution in [1.29, 1.82) is 0 Å². The van der Waals surface area contributed by atoms with Gasteiger partial charge in [-0.25, -0.2) is 4.98 Å². The minimum Gasteiger partial charge on any atom is -0.493 e. The highest BCUT2D eigenvalue weighted by molar-refractivity contribution is 7.15. The smallest absolute Gasteiger partial charge is 0.161 e. The number of aromatic nitrogens is 1. The molecule has 0 fully saturated rings. The van der Waals surface area contributed by atoms with E-state index < -0.39 is 0 Å². The first-order valence-corrected chi connectivity index (χ1v) is 6.56.